The van der Waals surface area contributed by atoms with Gasteiger partial charge >= 0.3 is 0 Å². The van der Waals surface area contributed by atoms with Gasteiger partial charge in [0.25, 0.3) is 0 Å². The van der Waals surface area contributed by atoms with Gasteiger partial charge in [-0.2, -0.15) is 0 Å². The molecule has 4 aromatic rings. The monoisotopic (exact) mass is 434 g/mol. The van der Waals surface area contributed by atoms with Gasteiger partial charge in [-0.05, 0) is 56.0 Å². The van der Waals surface area contributed by atoms with Gasteiger partial charge < -0.3 is 14.6 Å². The van der Waals surface area contributed by atoms with Gasteiger partial charge in [0, 0.05) is 28.7 Å². The molecule has 0 spiro atoms. The normalized spacial score (nSPS) is 15.5. The van der Waals surface area contributed by atoms with E-state index in [4.69, 9.17) is 9.72 Å². The Bertz CT molecular complexity index is 1210. The second-order valence-electron chi connectivity index (χ2n) is 7.76. The molecule has 1 aliphatic carbocycles. The fraction of sp³-hybridized carbons (Fsp3) is 0.250. The molecule has 1 N–H and O–H groups in total. The van der Waals surface area contributed by atoms with Gasteiger partial charge in [0.1, 0.15) is 11.6 Å². The maximum absolute atomic E-state index is 13.4. The zero-order valence-corrected chi connectivity index (χ0v) is 18.2. The zero-order valence-electron chi connectivity index (χ0n) is 17.4. The van der Waals surface area contributed by atoms with Crippen LogP contribution in [0.4, 0.5) is 15.2 Å². The van der Waals surface area contributed by atoms with E-state index in [1.807, 2.05) is 48.0 Å². The largest absolute Gasteiger partial charge is 0.494 e. The van der Waals surface area contributed by atoms with Crippen molar-refractivity contribution in [3.8, 4) is 11.4 Å². The molecule has 2 aromatic carbocycles. The van der Waals surface area contributed by atoms with Gasteiger partial charge in [-0.15, -0.1) is 11.3 Å². The van der Waals surface area contributed by atoms with E-state index in [9.17, 15) is 4.39 Å². The number of hydrogen-bond donors (Lipinski definition) is 1. The van der Waals surface area contributed by atoms with Crippen LogP contribution in [0.1, 0.15) is 40.6 Å². The molecule has 2 heterocycles. The summed E-state index contributed by atoms with van der Waals surface area (Å²) < 4.78 is 20.9. The minimum atomic E-state index is -0.205. The van der Waals surface area contributed by atoms with E-state index in [2.05, 4.69) is 10.3 Å². The molecule has 1 unspecified atom stereocenters. The minimum absolute atomic E-state index is 0.205. The maximum atomic E-state index is 13.4. The summed E-state index contributed by atoms with van der Waals surface area (Å²) >= 11 is 1.70. The molecular formula is C24H23FN4OS. The average Bonchev–Trinajstić information content (AvgIpc) is 3.39. The summed E-state index contributed by atoms with van der Waals surface area (Å²) in [5.74, 6) is 0.772. The van der Waals surface area contributed by atoms with E-state index in [0.29, 0.717) is 0 Å². The number of thiazole rings is 1. The van der Waals surface area contributed by atoms with Crippen LogP contribution in [0.2, 0.25) is 0 Å². The third-order valence-corrected chi connectivity index (χ3v) is 6.69. The Labute approximate surface area is 184 Å². The lowest BCUT2D eigenvalue weighted by Crippen LogP contribution is -2.10. The van der Waals surface area contributed by atoms with Crippen molar-refractivity contribution in [1.29, 1.82) is 0 Å². The van der Waals surface area contributed by atoms with Crippen molar-refractivity contribution in [2.75, 3.05) is 12.4 Å². The topological polar surface area (TPSA) is 52.0 Å². The standard InChI is InChI=1S/C24H23FN4OS/c1-15-13-29(14-26-15)20-11-10-18(12-21(20)30-2)27-24-28-23-19(4-3-5-22(23)31-24)16-6-8-17(25)9-7-16/h6-14,19H,3-5H2,1-2H3,(H,27,28). The molecular weight excluding hydrogens is 411 g/mol. The third-order valence-electron chi connectivity index (χ3n) is 5.65. The van der Waals surface area contributed by atoms with E-state index in [1.165, 1.54) is 17.0 Å². The Morgan fingerprint density at radius 1 is 1.19 bits per heavy atom. The van der Waals surface area contributed by atoms with Crippen molar-refractivity contribution in [2.45, 2.75) is 32.1 Å². The average molecular weight is 435 g/mol. The van der Waals surface area contributed by atoms with Gasteiger partial charge in [-0.3, -0.25) is 0 Å². The highest BCUT2D eigenvalue weighted by atomic mass is 32.1. The van der Waals surface area contributed by atoms with Crippen molar-refractivity contribution < 1.29 is 9.13 Å². The number of methoxy groups -OCH3 is 1. The highest BCUT2D eigenvalue weighted by Crippen LogP contribution is 2.41. The fourth-order valence-corrected chi connectivity index (χ4v) is 5.22. The number of ether oxygens (including phenoxy) is 1. The van der Waals surface area contributed by atoms with Gasteiger partial charge in [-0.1, -0.05) is 12.1 Å². The molecule has 7 heteroatoms. The van der Waals surface area contributed by atoms with Gasteiger partial charge in [0.15, 0.2) is 5.13 Å². The van der Waals surface area contributed by atoms with Crippen molar-refractivity contribution in [2.24, 2.45) is 0 Å². The van der Waals surface area contributed by atoms with E-state index in [1.54, 1.807) is 24.8 Å². The summed E-state index contributed by atoms with van der Waals surface area (Å²) in [5.41, 5.74) is 5.04. The van der Waals surface area contributed by atoms with E-state index >= 15 is 0 Å². The number of fused-ring (bicyclic) bond motifs is 1. The first kappa shape index (κ1) is 19.8. The lowest BCUT2D eigenvalue weighted by atomic mass is 9.85. The maximum Gasteiger partial charge on any atom is 0.187 e. The predicted octanol–water partition coefficient (Wildman–Crippen LogP) is 6.00. The number of aryl methyl sites for hydroxylation is 2. The number of nitrogens with one attached hydrogen (secondary N) is 1. The van der Waals surface area contributed by atoms with Crippen LogP contribution >= 0.6 is 11.3 Å². The molecule has 5 nitrogen and oxygen atoms in total. The lowest BCUT2D eigenvalue weighted by molar-refractivity contribution is 0.413. The molecule has 0 radical (unpaired) electrons. The molecule has 0 bridgehead atoms. The summed E-state index contributed by atoms with van der Waals surface area (Å²) in [6.45, 7) is 1.96. The quantitative estimate of drug-likeness (QED) is 0.419. The fourth-order valence-electron chi connectivity index (χ4n) is 4.14. The number of rotatable bonds is 5. The first-order valence-corrected chi connectivity index (χ1v) is 11.1. The molecule has 0 amide bonds. The lowest BCUT2D eigenvalue weighted by Gasteiger charge is -2.21. The van der Waals surface area contributed by atoms with Crippen molar-refractivity contribution in [3.63, 3.8) is 0 Å². The molecule has 2 aromatic heterocycles. The number of hydrogen-bond acceptors (Lipinski definition) is 5. The van der Waals surface area contributed by atoms with Crippen LogP contribution in [0, 0.1) is 12.7 Å². The summed E-state index contributed by atoms with van der Waals surface area (Å²) in [4.78, 5) is 10.5. The Morgan fingerprint density at radius 2 is 2.03 bits per heavy atom. The Hall–Kier alpha value is -3.19. The van der Waals surface area contributed by atoms with Crippen LogP contribution < -0.4 is 10.1 Å². The van der Waals surface area contributed by atoms with Crippen LogP contribution in [-0.4, -0.2) is 21.6 Å². The highest BCUT2D eigenvalue weighted by molar-refractivity contribution is 7.15. The smallest absolute Gasteiger partial charge is 0.187 e. The first-order chi connectivity index (χ1) is 15.1. The predicted molar refractivity (Wildman–Crippen MR) is 121 cm³/mol. The van der Waals surface area contributed by atoms with Crippen LogP contribution in [0.3, 0.4) is 0 Å². The summed E-state index contributed by atoms with van der Waals surface area (Å²) in [7, 11) is 1.67. The molecule has 1 atom stereocenters. The molecule has 158 valence electrons. The number of nitrogens with zero attached hydrogens (tertiary/aromatic N) is 3. The Morgan fingerprint density at radius 3 is 2.77 bits per heavy atom. The van der Waals surface area contributed by atoms with E-state index in [-0.39, 0.29) is 11.7 Å². The van der Waals surface area contributed by atoms with Crippen molar-refractivity contribution in [1.82, 2.24) is 14.5 Å². The van der Waals surface area contributed by atoms with Gasteiger partial charge in [0.05, 0.1) is 30.5 Å². The number of benzene rings is 2. The highest BCUT2D eigenvalue weighted by Gasteiger charge is 2.26. The first-order valence-electron chi connectivity index (χ1n) is 10.3. The summed E-state index contributed by atoms with van der Waals surface area (Å²) in [5, 5.41) is 4.31. The summed E-state index contributed by atoms with van der Waals surface area (Å²) in [6.07, 6.45) is 6.94. The number of imidazole rings is 1. The molecule has 0 saturated carbocycles. The summed E-state index contributed by atoms with van der Waals surface area (Å²) in [6, 6.07) is 12.8. The number of aromatic nitrogens is 3. The Kier molecular flexibility index (Phi) is 5.19. The number of halogens is 1. The van der Waals surface area contributed by atoms with Crippen LogP contribution in [0.5, 0.6) is 5.75 Å². The zero-order chi connectivity index (χ0) is 21.4. The van der Waals surface area contributed by atoms with E-state index in [0.717, 1.165) is 58.5 Å². The molecule has 0 fully saturated rings. The SMILES string of the molecule is COc1cc(Nc2nc3c(s2)CCCC3c2ccc(F)cc2)ccc1-n1cnc(C)c1. The second kappa shape index (κ2) is 8.15. The molecule has 31 heavy (non-hydrogen) atoms. The molecule has 1 aliphatic rings. The van der Waals surface area contributed by atoms with Crippen molar-refractivity contribution in [3.05, 3.63) is 82.6 Å². The van der Waals surface area contributed by atoms with Gasteiger partial charge in [0.2, 0.25) is 0 Å². The van der Waals surface area contributed by atoms with Crippen molar-refractivity contribution >= 4 is 22.2 Å². The van der Waals surface area contributed by atoms with Crippen LogP contribution in [0.25, 0.3) is 5.69 Å². The Balaban J connectivity index is 1.42. The molecule has 5 rings (SSSR count). The second-order valence-corrected chi connectivity index (χ2v) is 8.84. The number of anilines is 2. The van der Waals surface area contributed by atoms with Crippen LogP contribution in [-0.2, 0) is 6.42 Å². The molecule has 0 saturated heterocycles. The van der Waals surface area contributed by atoms with Crippen LogP contribution in [0.15, 0.2) is 55.0 Å². The van der Waals surface area contributed by atoms with E-state index < -0.39 is 0 Å². The third kappa shape index (κ3) is 3.93. The minimum Gasteiger partial charge on any atom is -0.494 e. The van der Waals surface area contributed by atoms with Gasteiger partial charge in [-0.25, -0.2) is 14.4 Å². The molecule has 0 aliphatic heterocycles.